The number of ether oxygens (including phenoxy) is 1. The van der Waals surface area contributed by atoms with Crippen molar-refractivity contribution in [1.82, 2.24) is 4.90 Å². The van der Waals surface area contributed by atoms with Crippen molar-refractivity contribution in [3.05, 3.63) is 35.0 Å². The van der Waals surface area contributed by atoms with Gasteiger partial charge in [-0.25, -0.2) is 0 Å². The Labute approximate surface area is 142 Å². The highest BCUT2D eigenvalue weighted by Crippen LogP contribution is 2.38. The van der Waals surface area contributed by atoms with Gasteiger partial charge in [-0.15, -0.1) is 0 Å². The average molecular weight is 335 g/mol. The van der Waals surface area contributed by atoms with Crippen molar-refractivity contribution >= 4 is 11.7 Å². The second-order valence-corrected chi connectivity index (χ2v) is 6.16. The Morgan fingerprint density at radius 3 is 2.67 bits per heavy atom. The van der Waals surface area contributed by atoms with E-state index in [1.165, 1.54) is 4.90 Å². The van der Waals surface area contributed by atoms with Crippen molar-refractivity contribution in [2.45, 2.75) is 52.7 Å². The van der Waals surface area contributed by atoms with Gasteiger partial charge < -0.3 is 19.2 Å². The summed E-state index contributed by atoms with van der Waals surface area (Å²) in [5.74, 6) is -0.0661. The van der Waals surface area contributed by atoms with Gasteiger partial charge in [0.1, 0.15) is 17.6 Å². The summed E-state index contributed by atoms with van der Waals surface area (Å²) < 4.78 is 11.1. The first-order valence-corrected chi connectivity index (χ1v) is 8.32. The number of aliphatic hydroxyl groups excluding tert-OH is 1. The van der Waals surface area contributed by atoms with E-state index in [-0.39, 0.29) is 23.9 Å². The number of nitrogens with zero attached hydrogens (tertiary/aromatic N) is 1. The lowest BCUT2D eigenvalue weighted by Crippen LogP contribution is -2.32. The van der Waals surface area contributed by atoms with Gasteiger partial charge in [-0.3, -0.25) is 9.59 Å². The highest BCUT2D eigenvalue weighted by Gasteiger charge is 2.44. The molecule has 0 aromatic carbocycles. The minimum Gasteiger partial charge on any atom is -0.503 e. The third-order valence-electron chi connectivity index (χ3n) is 3.95. The molecule has 132 valence electrons. The molecule has 6 heteroatoms. The predicted octanol–water partition coefficient (Wildman–Crippen LogP) is 3.08. The average Bonchev–Trinajstić information content (AvgIpc) is 3.06. The van der Waals surface area contributed by atoms with E-state index in [0.717, 1.165) is 0 Å². The minimum atomic E-state index is -0.669. The van der Waals surface area contributed by atoms with Gasteiger partial charge in [-0.05, 0) is 39.3 Å². The number of hydrogen-bond acceptors (Lipinski definition) is 5. The van der Waals surface area contributed by atoms with E-state index in [9.17, 15) is 14.7 Å². The Kier molecular flexibility index (Phi) is 5.83. The highest BCUT2D eigenvalue weighted by molar-refractivity contribution is 6.08. The molecule has 1 amide bonds. The number of furan rings is 1. The van der Waals surface area contributed by atoms with E-state index in [2.05, 4.69) is 0 Å². The third kappa shape index (κ3) is 3.70. The van der Waals surface area contributed by atoms with Gasteiger partial charge in [0, 0.05) is 19.6 Å². The van der Waals surface area contributed by atoms with Crippen molar-refractivity contribution in [1.29, 1.82) is 0 Å². The molecule has 1 aliphatic rings. The summed E-state index contributed by atoms with van der Waals surface area (Å²) in [6.07, 6.45) is 0.945. The van der Waals surface area contributed by atoms with Crippen LogP contribution in [-0.4, -0.2) is 41.0 Å². The topological polar surface area (TPSA) is 80.0 Å². The van der Waals surface area contributed by atoms with Gasteiger partial charge in [0.25, 0.3) is 5.91 Å². The molecular formula is C18H25NO5. The molecule has 0 fully saturated rings. The van der Waals surface area contributed by atoms with Gasteiger partial charge in [-0.1, -0.05) is 6.92 Å². The predicted molar refractivity (Wildman–Crippen MR) is 88.6 cm³/mol. The van der Waals surface area contributed by atoms with Crippen LogP contribution in [0.1, 0.15) is 51.2 Å². The van der Waals surface area contributed by atoms with Crippen LogP contribution in [0.15, 0.2) is 27.9 Å². The van der Waals surface area contributed by atoms with Crippen LogP contribution in [0.25, 0.3) is 0 Å². The number of amides is 1. The monoisotopic (exact) mass is 335 g/mol. The maximum Gasteiger partial charge on any atom is 0.290 e. The molecule has 0 bridgehead atoms. The van der Waals surface area contributed by atoms with Crippen LogP contribution in [0.2, 0.25) is 0 Å². The van der Waals surface area contributed by atoms with Gasteiger partial charge in [0.2, 0.25) is 0 Å². The van der Waals surface area contributed by atoms with Gasteiger partial charge in [-0.2, -0.15) is 0 Å². The highest BCUT2D eigenvalue weighted by atomic mass is 16.5. The molecule has 6 nitrogen and oxygen atoms in total. The van der Waals surface area contributed by atoms with Crippen molar-refractivity contribution in [2.75, 3.05) is 13.2 Å². The Hall–Kier alpha value is -2.08. The van der Waals surface area contributed by atoms with Crippen LogP contribution in [0.5, 0.6) is 0 Å². The van der Waals surface area contributed by atoms with E-state index in [0.29, 0.717) is 31.1 Å². The molecule has 0 aliphatic carbocycles. The van der Waals surface area contributed by atoms with Crippen LogP contribution < -0.4 is 0 Å². The lowest BCUT2D eigenvalue weighted by atomic mass is 10.00. The lowest BCUT2D eigenvalue weighted by Gasteiger charge is -2.25. The number of hydrogen-bond donors (Lipinski definition) is 1. The molecule has 1 atom stereocenters. The SMILES string of the molecule is CCC(=O)C1=C(O)C(=O)N(CCCOC(C)C)C1c1ccc(C)o1. The number of aliphatic hydroxyl groups is 1. The largest absolute Gasteiger partial charge is 0.503 e. The van der Waals surface area contributed by atoms with E-state index >= 15 is 0 Å². The molecule has 0 saturated carbocycles. The normalized spacial score (nSPS) is 18.1. The maximum absolute atomic E-state index is 12.4. The van der Waals surface area contributed by atoms with E-state index < -0.39 is 17.7 Å². The fourth-order valence-corrected chi connectivity index (χ4v) is 2.81. The Morgan fingerprint density at radius 1 is 1.42 bits per heavy atom. The zero-order chi connectivity index (χ0) is 17.9. The van der Waals surface area contributed by atoms with Crippen LogP contribution in [0.4, 0.5) is 0 Å². The summed E-state index contributed by atoms with van der Waals surface area (Å²) in [7, 11) is 0. The van der Waals surface area contributed by atoms with E-state index in [1.54, 1.807) is 26.0 Å². The van der Waals surface area contributed by atoms with Crippen molar-refractivity contribution in [2.24, 2.45) is 0 Å². The molecular weight excluding hydrogens is 310 g/mol. The molecule has 1 aliphatic heterocycles. The smallest absolute Gasteiger partial charge is 0.290 e. The minimum absolute atomic E-state index is 0.117. The molecule has 1 aromatic heterocycles. The Balaban J connectivity index is 2.25. The first-order valence-electron chi connectivity index (χ1n) is 8.32. The van der Waals surface area contributed by atoms with Gasteiger partial charge in [0.15, 0.2) is 11.5 Å². The number of carbonyl (C=O) groups excluding carboxylic acids is 2. The van der Waals surface area contributed by atoms with Crippen LogP contribution in [-0.2, 0) is 14.3 Å². The Morgan fingerprint density at radius 2 is 2.12 bits per heavy atom. The maximum atomic E-state index is 12.4. The van der Waals surface area contributed by atoms with Crippen LogP contribution in [0, 0.1) is 6.92 Å². The lowest BCUT2D eigenvalue weighted by molar-refractivity contribution is -0.129. The molecule has 1 unspecified atom stereocenters. The fraction of sp³-hybridized carbons (Fsp3) is 0.556. The van der Waals surface area contributed by atoms with Crippen molar-refractivity contribution < 1.29 is 23.8 Å². The summed E-state index contributed by atoms with van der Waals surface area (Å²) in [5, 5.41) is 10.2. The standard InChI is InChI=1S/C18H25NO5/c1-5-13(20)15-16(14-8-7-12(4)24-14)19(18(22)17(15)21)9-6-10-23-11(2)3/h7-8,11,16,21H,5-6,9-10H2,1-4H3. The molecule has 0 saturated heterocycles. The summed E-state index contributed by atoms with van der Waals surface area (Å²) in [6, 6.07) is 2.85. The third-order valence-corrected chi connectivity index (χ3v) is 3.95. The van der Waals surface area contributed by atoms with Crippen LogP contribution in [0.3, 0.4) is 0 Å². The molecule has 1 aromatic rings. The molecule has 2 heterocycles. The number of aryl methyl sites for hydroxylation is 1. The summed E-state index contributed by atoms with van der Waals surface area (Å²) >= 11 is 0. The van der Waals surface area contributed by atoms with E-state index in [4.69, 9.17) is 9.15 Å². The quantitative estimate of drug-likeness (QED) is 0.739. The van der Waals surface area contributed by atoms with Gasteiger partial charge in [0.05, 0.1) is 11.7 Å². The second kappa shape index (κ2) is 7.66. The zero-order valence-electron chi connectivity index (χ0n) is 14.7. The molecule has 1 N–H and O–H groups in total. The number of carbonyl (C=O) groups is 2. The Bertz CT molecular complexity index is 644. The summed E-state index contributed by atoms with van der Waals surface area (Å²) in [6.45, 7) is 8.27. The van der Waals surface area contributed by atoms with Gasteiger partial charge >= 0.3 is 0 Å². The van der Waals surface area contributed by atoms with Crippen LogP contribution >= 0.6 is 0 Å². The molecule has 0 spiro atoms. The first kappa shape index (κ1) is 18.3. The molecule has 2 rings (SSSR count). The number of Topliss-reactive ketones (excluding diaryl/α,β-unsaturated/α-hetero) is 1. The second-order valence-electron chi connectivity index (χ2n) is 6.16. The number of ketones is 1. The molecule has 24 heavy (non-hydrogen) atoms. The summed E-state index contributed by atoms with van der Waals surface area (Å²) in [4.78, 5) is 26.2. The van der Waals surface area contributed by atoms with Crippen molar-refractivity contribution in [3.8, 4) is 0 Å². The summed E-state index contributed by atoms with van der Waals surface area (Å²) in [5.41, 5.74) is 0.127. The fourth-order valence-electron chi connectivity index (χ4n) is 2.81. The molecule has 0 radical (unpaired) electrons. The first-order chi connectivity index (χ1) is 11.4. The van der Waals surface area contributed by atoms with Crippen molar-refractivity contribution in [3.63, 3.8) is 0 Å². The zero-order valence-corrected chi connectivity index (χ0v) is 14.7. The van der Waals surface area contributed by atoms with E-state index in [1.807, 2.05) is 13.8 Å². The number of rotatable bonds is 8.